The summed E-state index contributed by atoms with van der Waals surface area (Å²) in [5.41, 5.74) is 0.966. The molecule has 0 radical (unpaired) electrons. The number of nitrogens with zero attached hydrogens (tertiary/aromatic N) is 1. The van der Waals surface area contributed by atoms with Crippen LogP contribution in [0.3, 0.4) is 0 Å². The third kappa shape index (κ3) is 5.75. The molecule has 1 heterocycles. The van der Waals surface area contributed by atoms with Crippen molar-refractivity contribution in [2.45, 2.75) is 0 Å². The van der Waals surface area contributed by atoms with Gasteiger partial charge in [-0.15, -0.1) is 0 Å². The van der Waals surface area contributed by atoms with Gasteiger partial charge < -0.3 is 20.1 Å². The molecule has 1 aromatic rings. The minimum absolute atomic E-state index is 0.201. The summed E-state index contributed by atoms with van der Waals surface area (Å²) in [5, 5.41) is 5.52. The van der Waals surface area contributed by atoms with Gasteiger partial charge in [-0.25, -0.2) is 4.79 Å². The summed E-state index contributed by atoms with van der Waals surface area (Å²) in [6.45, 7) is 4.87. The van der Waals surface area contributed by atoms with Crippen LogP contribution in [0.5, 0.6) is 5.75 Å². The minimum atomic E-state index is -0.201. The van der Waals surface area contributed by atoms with E-state index in [1.165, 1.54) is 0 Å². The van der Waals surface area contributed by atoms with Crippen LogP contribution in [-0.2, 0) is 4.74 Å². The number of nitrogens with one attached hydrogen (secondary N) is 2. The van der Waals surface area contributed by atoms with Gasteiger partial charge in [0.1, 0.15) is 5.75 Å². The van der Waals surface area contributed by atoms with Crippen molar-refractivity contribution in [2.75, 3.05) is 46.5 Å². The van der Waals surface area contributed by atoms with Crippen LogP contribution < -0.4 is 15.4 Å². The van der Waals surface area contributed by atoms with E-state index in [1.807, 2.05) is 30.3 Å². The van der Waals surface area contributed by atoms with Gasteiger partial charge in [-0.2, -0.15) is 0 Å². The molecule has 1 saturated heterocycles. The van der Waals surface area contributed by atoms with Crippen LogP contribution in [0.2, 0.25) is 0 Å². The van der Waals surface area contributed by atoms with Crippen LogP contribution in [0, 0.1) is 0 Å². The third-order valence-corrected chi connectivity index (χ3v) is 3.40. The Labute approximate surface area is 131 Å². The van der Waals surface area contributed by atoms with Crippen LogP contribution in [-0.4, -0.2) is 57.4 Å². The average molecular weight is 305 g/mol. The zero-order valence-electron chi connectivity index (χ0n) is 12.9. The SMILES string of the molecule is COc1cccc(/C=C/NC(=O)NCCN2CCOCC2)c1. The number of benzene rings is 1. The normalized spacial score (nSPS) is 15.7. The first-order valence-corrected chi connectivity index (χ1v) is 7.43. The topological polar surface area (TPSA) is 62.8 Å². The molecule has 6 nitrogen and oxygen atoms in total. The van der Waals surface area contributed by atoms with E-state index < -0.39 is 0 Å². The number of carbonyl (C=O) groups is 1. The Morgan fingerprint density at radius 1 is 1.41 bits per heavy atom. The van der Waals surface area contributed by atoms with Gasteiger partial charge >= 0.3 is 6.03 Å². The molecule has 6 heteroatoms. The van der Waals surface area contributed by atoms with Gasteiger partial charge in [-0.3, -0.25) is 4.90 Å². The number of morpholine rings is 1. The van der Waals surface area contributed by atoms with Gasteiger partial charge in [-0.1, -0.05) is 12.1 Å². The first kappa shape index (κ1) is 16.3. The van der Waals surface area contributed by atoms with Crippen molar-refractivity contribution in [3.63, 3.8) is 0 Å². The van der Waals surface area contributed by atoms with Crippen molar-refractivity contribution < 1.29 is 14.3 Å². The van der Waals surface area contributed by atoms with Crippen molar-refractivity contribution in [3.8, 4) is 5.75 Å². The molecule has 1 fully saturated rings. The van der Waals surface area contributed by atoms with Gasteiger partial charge in [0.15, 0.2) is 0 Å². The molecule has 2 amide bonds. The molecule has 22 heavy (non-hydrogen) atoms. The monoisotopic (exact) mass is 305 g/mol. The number of ether oxygens (including phenoxy) is 2. The molecule has 0 unspecified atom stereocenters. The second-order valence-corrected chi connectivity index (χ2v) is 4.96. The van der Waals surface area contributed by atoms with Crippen LogP contribution in [0.1, 0.15) is 5.56 Å². The highest BCUT2D eigenvalue weighted by Crippen LogP contribution is 2.13. The quantitative estimate of drug-likeness (QED) is 0.831. The second-order valence-electron chi connectivity index (χ2n) is 4.96. The van der Waals surface area contributed by atoms with Crippen LogP contribution in [0.4, 0.5) is 4.79 Å². The minimum Gasteiger partial charge on any atom is -0.497 e. The summed E-state index contributed by atoms with van der Waals surface area (Å²) in [6, 6.07) is 7.42. The predicted molar refractivity (Wildman–Crippen MR) is 85.8 cm³/mol. The molecule has 0 aliphatic carbocycles. The Morgan fingerprint density at radius 3 is 3.00 bits per heavy atom. The van der Waals surface area contributed by atoms with E-state index in [9.17, 15) is 4.79 Å². The molecular formula is C16H23N3O3. The lowest BCUT2D eigenvalue weighted by Gasteiger charge is -2.26. The fourth-order valence-electron chi connectivity index (χ4n) is 2.16. The molecule has 0 spiro atoms. The Kier molecular flexibility index (Phi) is 6.73. The molecule has 2 N–H and O–H groups in total. The Bertz CT molecular complexity index is 499. The van der Waals surface area contributed by atoms with Crippen LogP contribution in [0.25, 0.3) is 6.08 Å². The van der Waals surface area contributed by atoms with Gasteiger partial charge in [0.05, 0.1) is 20.3 Å². The van der Waals surface area contributed by atoms with Crippen molar-refractivity contribution in [1.29, 1.82) is 0 Å². The summed E-state index contributed by atoms with van der Waals surface area (Å²) in [5.74, 6) is 0.789. The smallest absolute Gasteiger partial charge is 0.318 e. The fraction of sp³-hybridized carbons (Fsp3) is 0.438. The zero-order valence-corrected chi connectivity index (χ0v) is 12.9. The summed E-state index contributed by atoms with van der Waals surface area (Å²) < 4.78 is 10.4. The Balaban J connectivity index is 1.65. The number of methoxy groups -OCH3 is 1. The number of rotatable bonds is 6. The maximum absolute atomic E-state index is 11.7. The predicted octanol–water partition coefficient (Wildman–Crippen LogP) is 1.30. The number of amides is 2. The lowest BCUT2D eigenvalue weighted by molar-refractivity contribution is 0.0387. The third-order valence-electron chi connectivity index (χ3n) is 3.40. The van der Waals surface area contributed by atoms with E-state index in [2.05, 4.69) is 15.5 Å². The molecule has 2 rings (SSSR count). The Morgan fingerprint density at radius 2 is 2.23 bits per heavy atom. The molecule has 0 saturated carbocycles. The number of carbonyl (C=O) groups excluding carboxylic acids is 1. The Hall–Kier alpha value is -2.05. The van der Waals surface area contributed by atoms with Crippen LogP contribution >= 0.6 is 0 Å². The first-order chi connectivity index (χ1) is 10.8. The maximum atomic E-state index is 11.7. The number of urea groups is 1. The van der Waals surface area contributed by atoms with E-state index in [4.69, 9.17) is 9.47 Å². The molecule has 1 aliphatic rings. The highest BCUT2D eigenvalue weighted by atomic mass is 16.5. The van der Waals surface area contributed by atoms with Gasteiger partial charge in [0.2, 0.25) is 0 Å². The molecule has 1 aromatic carbocycles. The van der Waals surface area contributed by atoms with Crippen molar-refractivity contribution in [2.24, 2.45) is 0 Å². The largest absolute Gasteiger partial charge is 0.497 e. The summed E-state index contributed by atoms with van der Waals surface area (Å²) in [4.78, 5) is 13.9. The highest BCUT2D eigenvalue weighted by molar-refractivity contribution is 5.75. The number of hydrogen-bond acceptors (Lipinski definition) is 4. The van der Waals surface area contributed by atoms with E-state index in [-0.39, 0.29) is 6.03 Å². The molecule has 0 aromatic heterocycles. The number of hydrogen-bond donors (Lipinski definition) is 2. The summed E-state index contributed by atoms with van der Waals surface area (Å²) in [6.07, 6.45) is 3.45. The van der Waals surface area contributed by atoms with Crippen molar-refractivity contribution in [1.82, 2.24) is 15.5 Å². The molecular weight excluding hydrogens is 282 g/mol. The fourth-order valence-corrected chi connectivity index (χ4v) is 2.16. The van der Waals surface area contributed by atoms with Gasteiger partial charge in [0.25, 0.3) is 0 Å². The lowest BCUT2D eigenvalue weighted by Crippen LogP contribution is -2.42. The summed E-state index contributed by atoms with van der Waals surface area (Å²) >= 11 is 0. The van der Waals surface area contributed by atoms with Crippen molar-refractivity contribution >= 4 is 12.1 Å². The first-order valence-electron chi connectivity index (χ1n) is 7.43. The van der Waals surface area contributed by atoms with Gasteiger partial charge in [-0.05, 0) is 23.8 Å². The molecule has 120 valence electrons. The highest BCUT2D eigenvalue weighted by Gasteiger charge is 2.09. The van der Waals surface area contributed by atoms with Crippen LogP contribution in [0.15, 0.2) is 30.5 Å². The molecule has 1 aliphatic heterocycles. The zero-order chi connectivity index (χ0) is 15.6. The van der Waals surface area contributed by atoms with Crippen molar-refractivity contribution in [3.05, 3.63) is 36.0 Å². The summed E-state index contributed by atoms with van der Waals surface area (Å²) in [7, 11) is 1.63. The van der Waals surface area contributed by atoms with E-state index in [0.29, 0.717) is 6.54 Å². The second kappa shape index (κ2) is 9.07. The lowest BCUT2D eigenvalue weighted by atomic mass is 10.2. The van der Waals surface area contributed by atoms with Gasteiger partial charge in [0, 0.05) is 32.4 Å². The maximum Gasteiger partial charge on any atom is 0.318 e. The van der Waals surface area contributed by atoms with E-state index in [1.54, 1.807) is 13.3 Å². The average Bonchev–Trinajstić information content (AvgIpc) is 2.56. The van der Waals surface area contributed by atoms with E-state index in [0.717, 1.165) is 44.2 Å². The van der Waals surface area contributed by atoms with E-state index >= 15 is 0 Å². The molecule has 0 atom stereocenters. The standard InChI is InChI=1S/C16H23N3O3/c1-21-15-4-2-3-14(13-15)5-6-17-16(20)18-7-8-19-9-11-22-12-10-19/h2-6,13H,7-12H2,1H3,(H2,17,18,20)/b6-5+. The molecule has 0 bridgehead atoms.